The van der Waals surface area contributed by atoms with Crippen LogP contribution in [-0.4, -0.2) is 70.3 Å². The van der Waals surface area contributed by atoms with Crippen LogP contribution in [-0.2, 0) is 23.1 Å². The quantitative estimate of drug-likeness (QED) is 0.0349. The number of nitrogens with zero attached hydrogens (tertiary/aromatic N) is 1. The Kier molecular flexibility index (Phi) is 42.3. The van der Waals surface area contributed by atoms with Crippen LogP contribution in [0, 0.1) is 0 Å². The van der Waals surface area contributed by atoms with Crippen molar-refractivity contribution in [3.63, 3.8) is 0 Å². The highest BCUT2D eigenvalue weighted by Crippen LogP contribution is 2.43. The van der Waals surface area contributed by atoms with Gasteiger partial charge in [-0.1, -0.05) is 168 Å². The van der Waals surface area contributed by atoms with Gasteiger partial charge in [-0.05, 0) is 77.3 Å². The van der Waals surface area contributed by atoms with Gasteiger partial charge in [0.2, 0.25) is 0 Å². The topological polar surface area (TPSA) is 57.2 Å². The molecule has 0 amide bonds. The van der Waals surface area contributed by atoms with Gasteiger partial charge in [0, 0.05) is 26.4 Å². The lowest BCUT2D eigenvalue weighted by atomic mass is 10.1. The standard InChI is InChI=1S/C46H92NO5P/c1-6-10-12-14-16-18-20-22-24-26-28-30-32-34-36-38-41-49-44-46(45-52-53(5,48)51-43-40-47(8-3)9-4)50-42-39-37-35-33-31-29-27-25-23-21-19-17-15-13-11-7-2/h22-25,46H,6-21,26-45H2,1-5H3. The molecule has 0 fully saturated rings. The van der Waals surface area contributed by atoms with Crippen LogP contribution in [0.15, 0.2) is 24.3 Å². The molecule has 0 aromatic heterocycles. The van der Waals surface area contributed by atoms with Gasteiger partial charge in [0.15, 0.2) is 0 Å². The Labute approximate surface area is 331 Å². The highest BCUT2D eigenvalue weighted by molar-refractivity contribution is 7.52. The molecule has 0 aliphatic heterocycles. The molecule has 0 aromatic rings. The molecule has 53 heavy (non-hydrogen) atoms. The molecule has 0 aliphatic rings. The highest BCUT2D eigenvalue weighted by Gasteiger charge is 2.21. The zero-order valence-corrected chi connectivity index (χ0v) is 37.2. The second-order valence-corrected chi connectivity index (χ2v) is 17.4. The number of hydrogen-bond donors (Lipinski definition) is 0. The molecule has 316 valence electrons. The fourth-order valence-corrected chi connectivity index (χ4v) is 7.47. The minimum Gasteiger partial charge on any atom is -0.379 e. The summed E-state index contributed by atoms with van der Waals surface area (Å²) in [5.74, 6) is 0. The lowest BCUT2D eigenvalue weighted by molar-refractivity contribution is -0.0410. The predicted molar refractivity (Wildman–Crippen MR) is 233 cm³/mol. The number of rotatable bonds is 44. The van der Waals surface area contributed by atoms with Crippen LogP contribution in [0.5, 0.6) is 0 Å². The van der Waals surface area contributed by atoms with Crippen LogP contribution in [0.3, 0.4) is 0 Å². The maximum absolute atomic E-state index is 13.0. The normalized spacial score (nSPS) is 13.9. The molecule has 0 N–H and O–H groups in total. The van der Waals surface area contributed by atoms with Crippen LogP contribution < -0.4 is 0 Å². The summed E-state index contributed by atoms with van der Waals surface area (Å²) in [5.41, 5.74) is 0. The molecule has 0 saturated carbocycles. The van der Waals surface area contributed by atoms with Crippen molar-refractivity contribution in [2.24, 2.45) is 0 Å². The fourth-order valence-electron chi connectivity index (χ4n) is 6.54. The largest absolute Gasteiger partial charge is 0.379 e. The molecule has 0 aromatic carbocycles. The molecular formula is C46H92NO5P. The smallest absolute Gasteiger partial charge is 0.327 e. The van der Waals surface area contributed by atoms with Gasteiger partial charge in [-0.2, -0.15) is 0 Å². The predicted octanol–water partition coefficient (Wildman–Crippen LogP) is 14.7. The molecular weight excluding hydrogens is 677 g/mol. The minimum atomic E-state index is -3.15. The van der Waals surface area contributed by atoms with Gasteiger partial charge in [-0.3, -0.25) is 4.57 Å². The van der Waals surface area contributed by atoms with Crippen LogP contribution >= 0.6 is 7.60 Å². The van der Waals surface area contributed by atoms with Crippen molar-refractivity contribution in [3.05, 3.63) is 24.3 Å². The third-order valence-corrected chi connectivity index (χ3v) is 11.5. The summed E-state index contributed by atoms with van der Waals surface area (Å²) in [6.45, 7) is 15.6. The maximum Gasteiger partial charge on any atom is 0.327 e. The van der Waals surface area contributed by atoms with E-state index in [0.717, 1.165) is 39.1 Å². The Bertz CT molecular complexity index is 818. The molecule has 6 nitrogen and oxygen atoms in total. The molecule has 0 radical (unpaired) electrons. The zero-order valence-electron chi connectivity index (χ0n) is 36.3. The Morgan fingerprint density at radius 1 is 0.472 bits per heavy atom. The molecule has 2 atom stereocenters. The van der Waals surface area contributed by atoms with Crippen LogP contribution in [0.2, 0.25) is 0 Å². The molecule has 0 spiro atoms. The van der Waals surface area contributed by atoms with Crippen LogP contribution in [0.25, 0.3) is 0 Å². The number of allylic oxidation sites excluding steroid dienone is 4. The van der Waals surface area contributed by atoms with E-state index in [9.17, 15) is 4.57 Å². The van der Waals surface area contributed by atoms with E-state index < -0.39 is 7.60 Å². The summed E-state index contributed by atoms with van der Waals surface area (Å²) < 4.78 is 36.7. The Morgan fingerprint density at radius 3 is 1.30 bits per heavy atom. The number of hydrogen-bond acceptors (Lipinski definition) is 6. The molecule has 0 rings (SSSR count). The molecule has 2 unspecified atom stereocenters. The molecule has 0 aliphatic carbocycles. The number of unbranched alkanes of at least 4 members (excludes halogenated alkanes) is 24. The first-order valence-corrected chi connectivity index (χ1v) is 25.1. The van der Waals surface area contributed by atoms with E-state index in [4.69, 9.17) is 18.5 Å². The van der Waals surface area contributed by atoms with Crippen LogP contribution in [0.1, 0.15) is 207 Å². The van der Waals surface area contributed by atoms with Crippen molar-refractivity contribution in [3.8, 4) is 0 Å². The van der Waals surface area contributed by atoms with E-state index in [1.165, 1.54) is 167 Å². The van der Waals surface area contributed by atoms with Crippen molar-refractivity contribution in [1.82, 2.24) is 4.90 Å². The van der Waals surface area contributed by atoms with E-state index in [-0.39, 0.29) is 12.7 Å². The van der Waals surface area contributed by atoms with Gasteiger partial charge in [-0.25, -0.2) is 0 Å². The first-order valence-electron chi connectivity index (χ1n) is 23.1. The van der Waals surface area contributed by atoms with Gasteiger partial charge < -0.3 is 23.4 Å². The summed E-state index contributed by atoms with van der Waals surface area (Å²) in [6, 6.07) is 0. The van der Waals surface area contributed by atoms with Gasteiger partial charge >= 0.3 is 7.60 Å². The number of likely N-dealkylation sites (N-methyl/N-ethyl adjacent to an activating group) is 1. The molecule has 0 saturated heterocycles. The van der Waals surface area contributed by atoms with Gasteiger partial charge in [-0.15, -0.1) is 0 Å². The van der Waals surface area contributed by atoms with E-state index in [1.54, 1.807) is 6.66 Å². The first-order chi connectivity index (χ1) is 26.0. The van der Waals surface area contributed by atoms with Crippen molar-refractivity contribution in [2.75, 3.05) is 59.3 Å². The average Bonchev–Trinajstić information content (AvgIpc) is 3.15. The van der Waals surface area contributed by atoms with E-state index in [2.05, 4.69) is 56.9 Å². The second kappa shape index (κ2) is 42.6. The SMILES string of the molecule is CCCCCCCCC=CCCCCCCCCOCC(COP(C)(=O)OCCN(CC)CC)OCCCCCCCCC=CCCCCCCCC. The first kappa shape index (κ1) is 52.5. The van der Waals surface area contributed by atoms with Gasteiger partial charge in [0.25, 0.3) is 0 Å². The van der Waals surface area contributed by atoms with Crippen LogP contribution in [0.4, 0.5) is 0 Å². The highest BCUT2D eigenvalue weighted by atomic mass is 31.2. The summed E-state index contributed by atoms with van der Waals surface area (Å²) in [6.07, 6.45) is 45.7. The summed E-state index contributed by atoms with van der Waals surface area (Å²) >= 11 is 0. The molecule has 0 heterocycles. The third-order valence-electron chi connectivity index (χ3n) is 10.2. The summed E-state index contributed by atoms with van der Waals surface area (Å²) in [4.78, 5) is 2.25. The van der Waals surface area contributed by atoms with Crippen molar-refractivity contribution >= 4 is 7.60 Å². The molecule has 7 heteroatoms. The Balaban J connectivity index is 4.16. The number of ether oxygens (including phenoxy) is 2. The van der Waals surface area contributed by atoms with E-state index in [1.807, 2.05) is 0 Å². The van der Waals surface area contributed by atoms with Gasteiger partial charge in [0.1, 0.15) is 6.10 Å². The maximum atomic E-state index is 13.0. The monoisotopic (exact) mass is 770 g/mol. The van der Waals surface area contributed by atoms with Crippen molar-refractivity contribution in [1.29, 1.82) is 0 Å². The fraction of sp³-hybridized carbons (Fsp3) is 0.913. The Morgan fingerprint density at radius 2 is 0.868 bits per heavy atom. The zero-order chi connectivity index (χ0) is 38.8. The lowest BCUT2D eigenvalue weighted by Crippen LogP contribution is -2.28. The van der Waals surface area contributed by atoms with E-state index >= 15 is 0 Å². The third kappa shape index (κ3) is 41.0. The van der Waals surface area contributed by atoms with Gasteiger partial charge in [0.05, 0.1) is 19.8 Å². The Hall–Kier alpha value is -0.490. The minimum absolute atomic E-state index is 0.230. The van der Waals surface area contributed by atoms with Crippen molar-refractivity contribution in [2.45, 2.75) is 214 Å². The summed E-state index contributed by atoms with van der Waals surface area (Å²) in [5, 5.41) is 0. The summed E-state index contributed by atoms with van der Waals surface area (Å²) in [7, 11) is -3.15. The lowest BCUT2D eigenvalue weighted by Gasteiger charge is -2.22. The van der Waals surface area contributed by atoms with E-state index in [0.29, 0.717) is 19.8 Å². The second-order valence-electron chi connectivity index (χ2n) is 15.4. The average molecular weight is 770 g/mol. The van der Waals surface area contributed by atoms with Crippen molar-refractivity contribution < 1.29 is 23.1 Å². The molecule has 0 bridgehead atoms.